The monoisotopic (exact) mass is 439 g/mol. The summed E-state index contributed by atoms with van der Waals surface area (Å²) in [4.78, 5) is 3.62. The third-order valence-electron chi connectivity index (χ3n) is 6.20. The first-order valence-electron chi connectivity index (χ1n) is 10.9. The molecule has 4 rings (SSSR count). The molecule has 2 aromatic carbocycles. The van der Waals surface area contributed by atoms with Gasteiger partial charge in [0.15, 0.2) is 6.19 Å². The van der Waals surface area contributed by atoms with Crippen molar-refractivity contribution in [1.29, 1.82) is 5.26 Å². The molecule has 0 atom stereocenters. The van der Waals surface area contributed by atoms with Crippen molar-refractivity contribution in [2.75, 3.05) is 25.4 Å². The predicted molar refractivity (Wildman–Crippen MR) is 122 cm³/mol. The Morgan fingerprint density at radius 1 is 1.06 bits per heavy atom. The standard InChI is InChI=1S/C25H27F2N3S/c1-2-23-25(22-9-6-20(27)16-24(22)30(23)17-28)18-10-13-29(14-11-18)12-3-15-31-21-7-4-19(26)5-8-21/h4-9,16,18H,2-3,10-15H2,1H3. The van der Waals surface area contributed by atoms with E-state index in [0.29, 0.717) is 11.4 Å². The molecule has 162 valence electrons. The van der Waals surface area contributed by atoms with Gasteiger partial charge in [-0.15, -0.1) is 11.8 Å². The molecule has 0 bridgehead atoms. The number of piperidine rings is 1. The highest BCUT2D eigenvalue weighted by atomic mass is 32.2. The second-order valence-electron chi connectivity index (χ2n) is 8.08. The number of halogens is 2. The molecular formula is C25H27F2N3S. The van der Waals surface area contributed by atoms with Gasteiger partial charge in [-0.25, -0.2) is 8.78 Å². The molecule has 2 heterocycles. The van der Waals surface area contributed by atoms with Crippen LogP contribution >= 0.6 is 11.8 Å². The van der Waals surface area contributed by atoms with Gasteiger partial charge in [0.25, 0.3) is 0 Å². The van der Waals surface area contributed by atoms with E-state index >= 15 is 0 Å². The van der Waals surface area contributed by atoms with E-state index < -0.39 is 0 Å². The maximum atomic E-state index is 13.8. The molecule has 0 N–H and O–H groups in total. The van der Waals surface area contributed by atoms with Gasteiger partial charge in [-0.2, -0.15) is 5.26 Å². The highest BCUT2D eigenvalue weighted by Crippen LogP contribution is 2.38. The van der Waals surface area contributed by atoms with Crippen LogP contribution in [0.5, 0.6) is 0 Å². The van der Waals surface area contributed by atoms with Crippen molar-refractivity contribution in [3.8, 4) is 6.19 Å². The van der Waals surface area contributed by atoms with Crippen LogP contribution < -0.4 is 0 Å². The molecule has 0 radical (unpaired) electrons. The number of nitrogens with zero attached hydrogens (tertiary/aromatic N) is 3. The van der Waals surface area contributed by atoms with Gasteiger partial charge >= 0.3 is 0 Å². The summed E-state index contributed by atoms with van der Waals surface area (Å²) in [5.74, 6) is 0.931. The average Bonchev–Trinajstić information content (AvgIpc) is 3.10. The van der Waals surface area contributed by atoms with Crippen molar-refractivity contribution < 1.29 is 8.78 Å². The van der Waals surface area contributed by atoms with Gasteiger partial charge in [0.05, 0.1) is 5.52 Å². The molecule has 0 saturated carbocycles. The van der Waals surface area contributed by atoms with Crippen molar-refractivity contribution >= 4 is 22.7 Å². The minimum Gasteiger partial charge on any atom is -0.303 e. The number of hydrogen-bond donors (Lipinski definition) is 0. The lowest BCUT2D eigenvalue weighted by Gasteiger charge is -2.32. The molecule has 3 nitrogen and oxygen atoms in total. The van der Waals surface area contributed by atoms with E-state index in [9.17, 15) is 14.0 Å². The molecule has 1 aliphatic rings. The number of aromatic nitrogens is 1. The van der Waals surface area contributed by atoms with Crippen LogP contribution in [-0.2, 0) is 6.42 Å². The van der Waals surface area contributed by atoms with Crippen LogP contribution in [0.3, 0.4) is 0 Å². The van der Waals surface area contributed by atoms with Crippen LogP contribution in [0.15, 0.2) is 47.4 Å². The first kappa shape index (κ1) is 21.9. The van der Waals surface area contributed by atoms with E-state index in [1.165, 1.54) is 29.8 Å². The summed E-state index contributed by atoms with van der Waals surface area (Å²) < 4.78 is 28.4. The first-order chi connectivity index (χ1) is 15.1. The molecule has 3 aromatic rings. The van der Waals surface area contributed by atoms with Gasteiger partial charge in [-0.3, -0.25) is 4.57 Å². The van der Waals surface area contributed by atoms with Gasteiger partial charge in [-0.05, 0) is 105 Å². The second kappa shape index (κ2) is 9.84. The Bertz CT molecular complexity index is 1080. The zero-order valence-corrected chi connectivity index (χ0v) is 18.6. The second-order valence-corrected chi connectivity index (χ2v) is 9.25. The first-order valence-corrected chi connectivity index (χ1v) is 11.9. The van der Waals surface area contributed by atoms with Crippen LogP contribution in [-0.4, -0.2) is 34.9 Å². The number of likely N-dealkylation sites (tertiary alicyclic amines) is 1. The molecule has 6 heteroatoms. The molecule has 1 aromatic heterocycles. The highest BCUT2D eigenvalue weighted by molar-refractivity contribution is 7.99. The van der Waals surface area contributed by atoms with Gasteiger partial charge in [0, 0.05) is 16.0 Å². The van der Waals surface area contributed by atoms with Crippen LogP contribution in [0.4, 0.5) is 8.78 Å². The average molecular weight is 440 g/mol. The van der Waals surface area contributed by atoms with Crippen molar-refractivity contribution in [1.82, 2.24) is 9.47 Å². The van der Waals surface area contributed by atoms with Gasteiger partial charge in [0.2, 0.25) is 0 Å². The third kappa shape index (κ3) is 4.78. The van der Waals surface area contributed by atoms with Crippen LogP contribution in [0.1, 0.15) is 43.4 Å². The molecule has 0 spiro atoms. The van der Waals surface area contributed by atoms with Crippen molar-refractivity contribution in [3.05, 3.63) is 65.4 Å². The highest BCUT2D eigenvalue weighted by Gasteiger charge is 2.27. The summed E-state index contributed by atoms with van der Waals surface area (Å²) in [6.45, 7) is 5.20. The molecule has 0 unspecified atom stereocenters. The largest absolute Gasteiger partial charge is 0.303 e. The number of hydrogen-bond acceptors (Lipinski definition) is 3. The fraction of sp³-hybridized carbons (Fsp3) is 0.400. The summed E-state index contributed by atoms with van der Waals surface area (Å²) in [5.41, 5.74) is 2.96. The van der Waals surface area contributed by atoms with Crippen molar-refractivity contribution in [2.45, 2.75) is 43.4 Å². The number of benzene rings is 2. The topological polar surface area (TPSA) is 32.0 Å². The Kier molecular flexibility index (Phi) is 6.94. The Labute approximate surface area is 186 Å². The molecule has 31 heavy (non-hydrogen) atoms. The lowest BCUT2D eigenvalue weighted by molar-refractivity contribution is 0.213. The smallest absolute Gasteiger partial charge is 0.189 e. The fourth-order valence-corrected chi connectivity index (χ4v) is 5.55. The summed E-state index contributed by atoms with van der Waals surface area (Å²) in [5, 5.41) is 10.7. The molecule has 1 saturated heterocycles. The SMILES string of the molecule is CCc1c(C2CCN(CCCSc3ccc(F)cc3)CC2)c2ccc(F)cc2n1C#N. The van der Waals surface area contributed by atoms with E-state index in [1.807, 2.05) is 18.2 Å². The molecule has 1 fully saturated rings. The fourth-order valence-electron chi connectivity index (χ4n) is 4.71. The van der Waals surface area contributed by atoms with E-state index in [0.717, 1.165) is 67.0 Å². The van der Waals surface area contributed by atoms with Crippen molar-refractivity contribution in [2.24, 2.45) is 0 Å². The number of nitriles is 1. The lowest BCUT2D eigenvalue weighted by atomic mass is 9.87. The predicted octanol–water partition coefficient (Wildman–Crippen LogP) is 6.17. The van der Waals surface area contributed by atoms with Crippen LogP contribution in [0, 0.1) is 23.1 Å². The minimum absolute atomic E-state index is 0.193. The Balaban J connectivity index is 1.36. The Morgan fingerprint density at radius 2 is 1.77 bits per heavy atom. The van der Waals surface area contributed by atoms with E-state index in [-0.39, 0.29) is 11.6 Å². The molecule has 0 aliphatic carbocycles. The lowest BCUT2D eigenvalue weighted by Crippen LogP contribution is -2.34. The third-order valence-corrected chi connectivity index (χ3v) is 7.30. The van der Waals surface area contributed by atoms with Crippen LogP contribution in [0.2, 0.25) is 0 Å². The summed E-state index contributed by atoms with van der Waals surface area (Å²) in [7, 11) is 0. The van der Waals surface area contributed by atoms with Crippen molar-refractivity contribution in [3.63, 3.8) is 0 Å². The van der Waals surface area contributed by atoms with Gasteiger partial charge in [0.1, 0.15) is 11.6 Å². The van der Waals surface area contributed by atoms with E-state index in [4.69, 9.17) is 0 Å². The maximum Gasteiger partial charge on any atom is 0.189 e. The number of thioether (sulfide) groups is 1. The molecule has 0 amide bonds. The van der Waals surface area contributed by atoms with Gasteiger partial charge < -0.3 is 4.90 Å². The summed E-state index contributed by atoms with van der Waals surface area (Å²) in [6, 6.07) is 11.5. The molecular weight excluding hydrogens is 412 g/mol. The minimum atomic E-state index is -0.302. The molecule has 1 aliphatic heterocycles. The normalized spacial score (nSPS) is 15.4. The number of fused-ring (bicyclic) bond motifs is 1. The quantitative estimate of drug-likeness (QED) is 0.326. The number of rotatable bonds is 7. The van der Waals surface area contributed by atoms with Gasteiger partial charge in [-0.1, -0.05) is 6.92 Å². The maximum absolute atomic E-state index is 13.8. The van der Waals surface area contributed by atoms with Crippen LogP contribution in [0.25, 0.3) is 10.9 Å². The zero-order valence-electron chi connectivity index (χ0n) is 17.8. The zero-order chi connectivity index (χ0) is 21.8. The summed E-state index contributed by atoms with van der Waals surface area (Å²) >= 11 is 1.77. The van der Waals surface area contributed by atoms with E-state index in [1.54, 1.807) is 16.3 Å². The van der Waals surface area contributed by atoms with E-state index in [2.05, 4.69) is 18.0 Å². The Hall–Kier alpha value is -2.36. The Morgan fingerprint density at radius 3 is 2.45 bits per heavy atom. The summed E-state index contributed by atoms with van der Waals surface area (Å²) in [6.07, 6.45) is 6.22.